The SMILES string of the molecule is CCCNC(c1cc(Cl)ccc1Cl)C1(C)CCCCC1. The van der Waals surface area contributed by atoms with Gasteiger partial charge in [-0.2, -0.15) is 0 Å². The fraction of sp³-hybridized carbons (Fsp3) is 0.647. The maximum atomic E-state index is 6.45. The Morgan fingerprint density at radius 2 is 1.90 bits per heavy atom. The monoisotopic (exact) mass is 313 g/mol. The number of hydrogen-bond donors (Lipinski definition) is 1. The summed E-state index contributed by atoms with van der Waals surface area (Å²) in [5.74, 6) is 0. The second kappa shape index (κ2) is 7.15. The molecule has 1 N–H and O–H groups in total. The minimum atomic E-state index is 0.280. The number of rotatable bonds is 5. The van der Waals surface area contributed by atoms with Gasteiger partial charge in [0.25, 0.3) is 0 Å². The molecule has 1 aromatic carbocycles. The van der Waals surface area contributed by atoms with E-state index >= 15 is 0 Å². The Morgan fingerprint density at radius 1 is 1.20 bits per heavy atom. The highest BCUT2D eigenvalue weighted by atomic mass is 35.5. The molecule has 1 fully saturated rings. The second-order valence-electron chi connectivity index (χ2n) is 6.27. The number of halogens is 2. The standard InChI is InChI=1S/C17H25Cl2N/c1-3-11-20-16(17(2)9-5-4-6-10-17)14-12-13(18)7-8-15(14)19/h7-8,12,16,20H,3-6,9-11H2,1-2H3. The average Bonchev–Trinajstić information content (AvgIpc) is 2.43. The van der Waals surface area contributed by atoms with Crippen molar-refractivity contribution in [2.24, 2.45) is 5.41 Å². The van der Waals surface area contributed by atoms with Gasteiger partial charge in [0, 0.05) is 16.1 Å². The summed E-state index contributed by atoms with van der Waals surface area (Å²) in [4.78, 5) is 0. The van der Waals surface area contributed by atoms with Crippen LogP contribution in [0.4, 0.5) is 0 Å². The molecule has 112 valence electrons. The minimum Gasteiger partial charge on any atom is -0.309 e. The molecule has 0 amide bonds. The first-order chi connectivity index (χ1) is 9.57. The van der Waals surface area contributed by atoms with Gasteiger partial charge in [-0.05, 0) is 55.0 Å². The Bertz CT molecular complexity index is 439. The molecular formula is C17H25Cl2N. The van der Waals surface area contributed by atoms with Crippen molar-refractivity contribution in [2.45, 2.75) is 58.4 Å². The first-order valence-corrected chi connectivity index (χ1v) is 8.51. The van der Waals surface area contributed by atoms with Crippen LogP contribution >= 0.6 is 23.2 Å². The van der Waals surface area contributed by atoms with Gasteiger partial charge in [-0.3, -0.25) is 0 Å². The Morgan fingerprint density at radius 3 is 2.55 bits per heavy atom. The summed E-state index contributed by atoms with van der Waals surface area (Å²) in [5.41, 5.74) is 1.44. The maximum absolute atomic E-state index is 6.45. The lowest BCUT2D eigenvalue weighted by Crippen LogP contribution is -2.38. The van der Waals surface area contributed by atoms with Gasteiger partial charge < -0.3 is 5.32 Å². The summed E-state index contributed by atoms with van der Waals surface area (Å²) < 4.78 is 0. The smallest absolute Gasteiger partial charge is 0.0455 e. The van der Waals surface area contributed by atoms with Crippen LogP contribution in [-0.2, 0) is 0 Å². The van der Waals surface area contributed by atoms with Crippen LogP contribution in [0.5, 0.6) is 0 Å². The van der Waals surface area contributed by atoms with Crippen molar-refractivity contribution < 1.29 is 0 Å². The van der Waals surface area contributed by atoms with E-state index in [9.17, 15) is 0 Å². The van der Waals surface area contributed by atoms with E-state index in [2.05, 4.69) is 19.2 Å². The van der Waals surface area contributed by atoms with E-state index in [1.54, 1.807) is 0 Å². The highest BCUT2D eigenvalue weighted by molar-refractivity contribution is 6.33. The van der Waals surface area contributed by atoms with Crippen molar-refractivity contribution in [3.8, 4) is 0 Å². The Kier molecular flexibility index (Phi) is 5.77. The van der Waals surface area contributed by atoms with E-state index in [0.29, 0.717) is 6.04 Å². The van der Waals surface area contributed by atoms with Crippen LogP contribution in [0.3, 0.4) is 0 Å². The van der Waals surface area contributed by atoms with Crippen molar-refractivity contribution in [3.05, 3.63) is 33.8 Å². The van der Waals surface area contributed by atoms with E-state index in [-0.39, 0.29) is 5.41 Å². The van der Waals surface area contributed by atoms with E-state index < -0.39 is 0 Å². The molecule has 20 heavy (non-hydrogen) atoms. The highest BCUT2D eigenvalue weighted by Gasteiger charge is 2.37. The lowest BCUT2D eigenvalue weighted by molar-refractivity contribution is 0.145. The molecule has 0 aliphatic heterocycles. The largest absolute Gasteiger partial charge is 0.309 e. The second-order valence-corrected chi connectivity index (χ2v) is 7.11. The molecule has 3 heteroatoms. The first-order valence-electron chi connectivity index (χ1n) is 7.75. The van der Waals surface area contributed by atoms with Crippen LogP contribution in [0.25, 0.3) is 0 Å². The molecular weight excluding hydrogens is 289 g/mol. The van der Waals surface area contributed by atoms with E-state index in [4.69, 9.17) is 23.2 Å². The predicted molar refractivity (Wildman–Crippen MR) is 88.7 cm³/mol. The van der Waals surface area contributed by atoms with Crippen molar-refractivity contribution in [2.75, 3.05) is 6.54 Å². The molecule has 1 unspecified atom stereocenters. The lowest BCUT2D eigenvalue weighted by atomic mass is 9.68. The molecule has 0 aromatic heterocycles. The predicted octanol–water partition coefficient (Wildman–Crippen LogP) is 6.00. The molecule has 0 radical (unpaired) electrons. The lowest BCUT2D eigenvalue weighted by Gasteiger charge is -2.42. The summed E-state index contributed by atoms with van der Waals surface area (Å²) in [6, 6.07) is 6.13. The van der Waals surface area contributed by atoms with Gasteiger partial charge in [-0.25, -0.2) is 0 Å². The molecule has 1 saturated carbocycles. The third-order valence-corrected chi connectivity index (χ3v) is 5.14. The molecule has 0 bridgehead atoms. The van der Waals surface area contributed by atoms with Crippen molar-refractivity contribution in [3.63, 3.8) is 0 Å². The first kappa shape index (κ1) is 16.1. The van der Waals surface area contributed by atoms with E-state index in [0.717, 1.165) is 28.6 Å². The molecule has 1 aromatic rings. The highest BCUT2D eigenvalue weighted by Crippen LogP contribution is 2.47. The fourth-order valence-electron chi connectivity index (χ4n) is 3.40. The summed E-state index contributed by atoms with van der Waals surface area (Å²) in [7, 11) is 0. The van der Waals surface area contributed by atoms with Crippen LogP contribution in [0.1, 0.15) is 64.0 Å². The Balaban J connectivity index is 2.33. The van der Waals surface area contributed by atoms with Crippen LogP contribution in [0, 0.1) is 5.41 Å². The topological polar surface area (TPSA) is 12.0 Å². The van der Waals surface area contributed by atoms with Crippen molar-refractivity contribution in [1.29, 1.82) is 0 Å². The molecule has 0 spiro atoms. The van der Waals surface area contributed by atoms with Gasteiger partial charge in [0.2, 0.25) is 0 Å². The number of benzene rings is 1. The molecule has 2 rings (SSSR count). The number of nitrogens with one attached hydrogen (secondary N) is 1. The molecule has 0 heterocycles. The van der Waals surface area contributed by atoms with Crippen LogP contribution in [0.2, 0.25) is 10.0 Å². The van der Waals surface area contributed by atoms with E-state index in [1.165, 1.54) is 32.1 Å². The summed E-state index contributed by atoms with van der Waals surface area (Å²) in [6.45, 7) is 5.62. The molecule has 1 aliphatic carbocycles. The number of hydrogen-bond acceptors (Lipinski definition) is 1. The molecule has 1 nitrogen and oxygen atoms in total. The van der Waals surface area contributed by atoms with Gasteiger partial charge in [0.05, 0.1) is 0 Å². The van der Waals surface area contributed by atoms with Crippen LogP contribution in [0.15, 0.2) is 18.2 Å². The quantitative estimate of drug-likeness (QED) is 0.702. The average molecular weight is 314 g/mol. The zero-order chi connectivity index (χ0) is 14.6. The van der Waals surface area contributed by atoms with Crippen molar-refractivity contribution in [1.82, 2.24) is 5.32 Å². The van der Waals surface area contributed by atoms with Gasteiger partial charge >= 0.3 is 0 Å². The molecule has 0 saturated heterocycles. The maximum Gasteiger partial charge on any atom is 0.0455 e. The fourth-order valence-corrected chi connectivity index (χ4v) is 3.81. The third kappa shape index (κ3) is 3.69. The minimum absolute atomic E-state index is 0.280. The zero-order valence-corrected chi connectivity index (χ0v) is 14.0. The Hall–Kier alpha value is -0.240. The van der Waals surface area contributed by atoms with Gasteiger partial charge in [-0.15, -0.1) is 0 Å². The molecule has 1 atom stereocenters. The van der Waals surface area contributed by atoms with Gasteiger partial charge in [0.15, 0.2) is 0 Å². The molecule has 1 aliphatic rings. The summed E-state index contributed by atoms with van der Waals surface area (Å²) >= 11 is 12.6. The third-order valence-electron chi connectivity index (χ3n) is 4.56. The summed E-state index contributed by atoms with van der Waals surface area (Å²) in [5, 5.41) is 5.32. The van der Waals surface area contributed by atoms with Crippen LogP contribution in [-0.4, -0.2) is 6.54 Å². The normalized spacial score (nSPS) is 19.8. The van der Waals surface area contributed by atoms with Gasteiger partial charge in [-0.1, -0.05) is 56.3 Å². The van der Waals surface area contributed by atoms with E-state index in [1.807, 2.05) is 18.2 Å². The van der Waals surface area contributed by atoms with Crippen molar-refractivity contribution >= 4 is 23.2 Å². The summed E-state index contributed by atoms with van der Waals surface area (Å²) in [6.07, 6.45) is 7.65. The Labute approximate surface area is 133 Å². The van der Waals surface area contributed by atoms with Gasteiger partial charge in [0.1, 0.15) is 0 Å². The zero-order valence-electron chi connectivity index (χ0n) is 12.5. The van der Waals surface area contributed by atoms with Crippen LogP contribution < -0.4 is 5.32 Å².